The fourth-order valence-electron chi connectivity index (χ4n) is 1.08. The summed E-state index contributed by atoms with van der Waals surface area (Å²) in [5.41, 5.74) is 0. The third-order valence-electron chi connectivity index (χ3n) is 1.79. The van der Waals surface area contributed by atoms with Crippen LogP contribution >= 0.6 is 15.9 Å². The Morgan fingerprint density at radius 2 is 2.20 bits per heavy atom. The Morgan fingerprint density at radius 1 is 1.53 bits per heavy atom. The summed E-state index contributed by atoms with van der Waals surface area (Å²) in [6, 6.07) is 1.69. The lowest BCUT2D eigenvalue weighted by molar-refractivity contribution is -0.147. The number of aromatic nitrogens is 1. The van der Waals surface area contributed by atoms with Crippen molar-refractivity contribution in [1.29, 1.82) is 0 Å². The molecule has 4 nitrogen and oxygen atoms in total. The molecule has 15 heavy (non-hydrogen) atoms. The number of halogens is 1. The summed E-state index contributed by atoms with van der Waals surface area (Å²) in [6.07, 6.45) is 2.25. The largest absolute Gasteiger partial charge is 0.478 e. The Hall–Kier alpha value is -1.10. The van der Waals surface area contributed by atoms with Crippen LogP contribution in [-0.2, 0) is 4.79 Å². The van der Waals surface area contributed by atoms with Gasteiger partial charge in [-0.15, -0.1) is 0 Å². The maximum atomic E-state index is 10.9. The topological polar surface area (TPSA) is 59.4 Å². The minimum Gasteiger partial charge on any atom is -0.478 e. The molecule has 1 unspecified atom stereocenters. The summed E-state index contributed by atoms with van der Waals surface area (Å²) in [4.78, 5) is 14.8. The van der Waals surface area contributed by atoms with Gasteiger partial charge in [0.2, 0.25) is 0 Å². The number of aliphatic carboxylic acids is 1. The van der Waals surface area contributed by atoms with Crippen LogP contribution < -0.4 is 4.74 Å². The molecule has 0 aliphatic carbocycles. The van der Waals surface area contributed by atoms with E-state index in [-0.39, 0.29) is 5.92 Å². The summed E-state index contributed by atoms with van der Waals surface area (Å²) in [5, 5.41) is 8.92. The number of rotatable bonds is 4. The molecule has 0 amide bonds. The van der Waals surface area contributed by atoms with E-state index in [0.29, 0.717) is 5.75 Å². The van der Waals surface area contributed by atoms with E-state index in [1.165, 1.54) is 6.20 Å². The number of carbonyl (C=O) groups is 1. The molecule has 0 saturated heterocycles. The monoisotopic (exact) mass is 273 g/mol. The maximum Gasteiger partial charge on any atom is 0.345 e. The fraction of sp³-hybridized carbons (Fsp3) is 0.400. The second-order valence-electron chi connectivity index (χ2n) is 3.46. The van der Waals surface area contributed by atoms with Gasteiger partial charge in [-0.25, -0.2) is 4.79 Å². The van der Waals surface area contributed by atoms with Gasteiger partial charge in [-0.3, -0.25) is 4.98 Å². The van der Waals surface area contributed by atoms with Gasteiger partial charge in [0.15, 0.2) is 6.10 Å². The molecule has 0 aromatic carbocycles. The molecule has 0 fully saturated rings. The summed E-state index contributed by atoms with van der Waals surface area (Å²) in [5.74, 6) is -0.614. The van der Waals surface area contributed by atoms with Gasteiger partial charge in [0, 0.05) is 16.6 Å². The van der Waals surface area contributed by atoms with E-state index >= 15 is 0 Å². The Morgan fingerprint density at radius 3 is 2.67 bits per heavy atom. The molecular weight excluding hydrogens is 262 g/mol. The van der Waals surface area contributed by atoms with Crippen LogP contribution in [0, 0.1) is 5.92 Å². The quantitative estimate of drug-likeness (QED) is 0.915. The van der Waals surface area contributed by atoms with Crippen molar-refractivity contribution in [2.24, 2.45) is 5.92 Å². The lowest BCUT2D eigenvalue weighted by Crippen LogP contribution is -2.32. The van der Waals surface area contributed by atoms with Crippen LogP contribution in [0.4, 0.5) is 0 Å². The number of carboxylic acids is 1. The van der Waals surface area contributed by atoms with E-state index in [4.69, 9.17) is 9.84 Å². The molecule has 1 aromatic heterocycles. The third-order valence-corrected chi connectivity index (χ3v) is 2.23. The first kappa shape index (κ1) is 12.0. The van der Waals surface area contributed by atoms with E-state index in [9.17, 15) is 4.79 Å². The molecule has 0 saturated carbocycles. The molecule has 0 spiro atoms. The summed E-state index contributed by atoms with van der Waals surface area (Å²) >= 11 is 3.24. The van der Waals surface area contributed by atoms with Gasteiger partial charge >= 0.3 is 5.97 Å². The molecule has 0 radical (unpaired) electrons. The average molecular weight is 274 g/mol. The zero-order chi connectivity index (χ0) is 11.4. The van der Waals surface area contributed by atoms with E-state index in [1.807, 2.05) is 0 Å². The highest BCUT2D eigenvalue weighted by atomic mass is 79.9. The predicted molar refractivity (Wildman–Crippen MR) is 58.8 cm³/mol. The minimum atomic E-state index is -0.968. The van der Waals surface area contributed by atoms with Crippen LogP contribution in [0.25, 0.3) is 0 Å². The molecule has 1 atom stereocenters. The molecule has 1 rings (SSSR count). The lowest BCUT2D eigenvalue weighted by Gasteiger charge is -2.17. The van der Waals surface area contributed by atoms with Gasteiger partial charge in [-0.2, -0.15) is 0 Å². The van der Waals surface area contributed by atoms with Gasteiger partial charge in [-0.05, 0) is 22.0 Å². The van der Waals surface area contributed by atoms with Crippen molar-refractivity contribution in [2.75, 3.05) is 0 Å². The van der Waals surface area contributed by atoms with E-state index in [1.54, 1.807) is 26.1 Å². The highest BCUT2D eigenvalue weighted by molar-refractivity contribution is 9.10. The molecule has 5 heteroatoms. The van der Waals surface area contributed by atoms with Crippen molar-refractivity contribution in [1.82, 2.24) is 4.98 Å². The SMILES string of the molecule is CC(C)C(Oc1cncc(Br)c1)C(=O)O. The van der Waals surface area contributed by atoms with Gasteiger partial charge in [0.25, 0.3) is 0 Å². The first-order valence-electron chi connectivity index (χ1n) is 4.50. The fourth-order valence-corrected chi connectivity index (χ4v) is 1.42. The third kappa shape index (κ3) is 3.51. The molecular formula is C10H12BrNO3. The summed E-state index contributed by atoms with van der Waals surface area (Å²) < 4.78 is 6.08. The molecule has 1 N–H and O–H groups in total. The predicted octanol–water partition coefficient (Wildman–Crippen LogP) is 2.33. The average Bonchev–Trinajstić information content (AvgIpc) is 2.13. The second-order valence-corrected chi connectivity index (χ2v) is 4.38. The highest BCUT2D eigenvalue weighted by Crippen LogP contribution is 2.19. The number of nitrogens with zero attached hydrogens (tertiary/aromatic N) is 1. The molecule has 0 aliphatic rings. The van der Waals surface area contributed by atoms with Crippen molar-refractivity contribution >= 4 is 21.9 Å². The Kier molecular flexibility index (Phi) is 4.08. The minimum absolute atomic E-state index is 0.0959. The van der Waals surface area contributed by atoms with E-state index in [2.05, 4.69) is 20.9 Å². The standard InChI is InChI=1S/C10H12BrNO3/c1-6(2)9(10(13)14)15-8-3-7(11)4-12-5-8/h3-6,9H,1-2H3,(H,13,14). The molecule has 1 heterocycles. The zero-order valence-corrected chi connectivity index (χ0v) is 10.1. The summed E-state index contributed by atoms with van der Waals surface area (Å²) in [6.45, 7) is 3.59. The molecule has 1 aromatic rings. The number of ether oxygens (including phenoxy) is 1. The second kappa shape index (κ2) is 5.11. The van der Waals surface area contributed by atoms with Crippen molar-refractivity contribution < 1.29 is 14.6 Å². The number of carboxylic acid groups (broad SMARTS) is 1. The Balaban J connectivity index is 2.79. The number of hydrogen-bond acceptors (Lipinski definition) is 3. The molecule has 0 aliphatic heterocycles. The van der Waals surface area contributed by atoms with E-state index < -0.39 is 12.1 Å². The van der Waals surface area contributed by atoms with Crippen LogP contribution in [0.3, 0.4) is 0 Å². The Bertz CT molecular complexity index is 354. The van der Waals surface area contributed by atoms with Crippen LogP contribution in [-0.4, -0.2) is 22.2 Å². The van der Waals surface area contributed by atoms with Crippen molar-refractivity contribution in [2.45, 2.75) is 20.0 Å². The smallest absolute Gasteiger partial charge is 0.345 e. The molecule has 0 bridgehead atoms. The lowest BCUT2D eigenvalue weighted by atomic mass is 10.1. The van der Waals surface area contributed by atoms with Crippen molar-refractivity contribution in [3.63, 3.8) is 0 Å². The van der Waals surface area contributed by atoms with Gasteiger partial charge in [-0.1, -0.05) is 13.8 Å². The van der Waals surface area contributed by atoms with Crippen LogP contribution in [0.1, 0.15) is 13.8 Å². The van der Waals surface area contributed by atoms with Gasteiger partial charge < -0.3 is 9.84 Å². The van der Waals surface area contributed by atoms with E-state index in [0.717, 1.165) is 4.47 Å². The zero-order valence-electron chi connectivity index (χ0n) is 8.48. The number of pyridine rings is 1. The van der Waals surface area contributed by atoms with Crippen LogP contribution in [0.2, 0.25) is 0 Å². The van der Waals surface area contributed by atoms with Crippen molar-refractivity contribution in [3.05, 3.63) is 22.9 Å². The highest BCUT2D eigenvalue weighted by Gasteiger charge is 2.23. The normalized spacial score (nSPS) is 12.5. The first-order chi connectivity index (χ1) is 7.00. The Labute approximate surface area is 96.4 Å². The van der Waals surface area contributed by atoms with Crippen LogP contribution in [0.5, 0.6) is 5.75 Å². The molecule has 82 valence electrons. The van der Waals surface area contributed by atoms with Crippen molar-refractivity contribution in [3.8, 4) is 5.75 Å². The summed E-state index contributed by atoms with van der Waals surface area (Å²) in [7, 11) is 0. The van der Waals surface area contributed by atoms with Gasteiger partial charge in [0.1, 0.15) is 5.75 Å². The first-order valence-corrected chi connectivity index (χ1v) is 5.30. The van der Waals surface area contributed by atoms with Gasteiger partial charge in [0.05, 0.1) is 6.20 Å². The maximum absolute atomic E-state index is 10.9. The van der Waals surface area contributed by atoms with Crippen LogP contribution in [0.15, 0.2) is 22.9 Å². The number of hydrogen-bond donors (Lipinski definition) is 1.